The predicted octanol–water partition coefficient (Wildman–Crippen LogP) is 1.96. The van der Waals surface area contributed by atoms with E-state index in [9.17, 15) is 17.2 Å². The van der Waals surface area contributed by atoms with Gasteiger partial charge in [-0.25, -0.2) is 18.3 Å². The minimum Gasteiger partial charge on any atom is -0.238 e. The van der Waals surface area contributed by atoms with Crippen molar-refractivity contribution in [3.63, 3.8) is 0 Å². The largest absolute Gasteiger partial charge is 0.277 e. The maximum absolute atomic E-state index is 15.2. The Hall–Kier alpha value is -1.12. The lowest BCUT2D eigenvalue weighted by Gasteiger charge is -2.40. The standard InChI is InChI=1S/C13H15F3N2O2S/c14-10-2-1-3-11(15)12(10)13(16)6-8-4-5-9(7-13)18(8)21(17,19)20/h1-3,8-9H,4-7H2,(H2,17,19,20). The molecule has 8 heteroatoms. The van der Waals surface area contributed by atoms with Crippen molar-refractivity contribution in [2.75, 3.05) is 0 Å². The number of alkyl halides is 1. The zero-order chi connectivity index (χ0) is 15.4. The van der Waals surface area contributed by atoms with Gasteiger partial charge in [0.15, 0.2) is 0 Å². The molecule has 2 aliphatic rings. The second-order valence-corrected chi connectivity index (χ2v) is 7.18. The van der Waals surface area contributed by atoms with Gasteiger partial charge in [-0.1, -0.05) is 6.07 Å². The summed E-state index contributed by atoms with van der Waals surface area (Å²) >= 11 is 0. The first-order valence-corrected chi connectivity index (χ1v) is 8.17. The van der Waals surface area contributed by atoms with Crippen molar-refractivity contribution in [3.05, 3.63) is 35.4 Å². The van der Waals surface area contributed by atoms with E-state index in [1.54, 1.807) is 0 Å². The molecule has 2 fully saturated rings. The molecule has 0 aromatic heterocycles. The number of piperidine rings is 1. The van der Waals surface area contributed by atoms with Crippen molar-refractivity contribution in [2.45, 2.75) is 43.4 Å². The van der Waals surface area contributed by atoms with E-state index in [2.05, 4.69) is 0 Å². The van der Waals surface area contributed by atoms with E-state index in [1.807, 2.05) is 0 Å². The van der Waals surface area contributed by atoms with Crippen molar-refractivity contribution in [1.82, 2.24) is 4.31 Å². The molecule has 0 amide bonds. The molecule has 0 saturated carbocycles. The number of halogens is 3. The highest BCUT2D eigenvalue weighted by atomic mass is 32.2. The van der Waals surface area contributed by atoms with Crippen LogP contribution >= 0.6 is 0 Å². The quantitative estimate of drug-likeness (QED) is 0.905. The third-order valence-corrected chi connectivity index (χ3v) is 5.56. The molecule has 2 N–H and O–H groups in total. The summed E-state index contributed by atoms with van der Waals surface area (Å²) in [5, 5.41) is 5.15. The summed E-state index contributed by atoms with van der Waals surface area (Å²) in [4.78, 5) is 0. The summed E-state index contributed by atoms with van der Waals surface area (Å²) in [7, 11) is -3.94. The normalized spacial score (nSPS) is 33.3. The monoisotopic (exact) mass is 320 g/mol. The average molecular weight is 320 g/mol. The van der Waals surface area contributed by atoms with Crippen LogP contribution in [0.2, 0.25) is 0 Å². The van der Waals surface area contributed by atoms with Crippen LogP contribution in [0.25, 0.3) is 0 Å². The maximum Gasteiger partial charge on any atom is 0.277 e. The van der Waals surface area contributed by atoms with Gasteiger partial charge in [0.25, 0.3) is 10.2 Å². The summed E-state index contributed by atoms with van der Waals surface area (Å²) in [6.07, 6.45) is 0.335. The molecule has 21 heavy (non-hydrogen) atoms. The van der Waals surface area contributed by atoms with E-state index in [1.165, 1.54) is 6.07 Å². The van der Waals surface area contributed by atoms with Crippen LogP contribution < -0.4 is 5.14 Å². The number of benzene rings is 1. The summed E-state index contributed by atoms with van der Waals surface area (Å²) < 4.78 is 67.1. The van der Waals surface area contributed by atoms with Crippen LogP contribution in [0.3, 0.4) is 0 Å². The fourth-order valence-electron chi connectivity index (χ4n) is 3.70. The Morgan fingerprint density at radius 2 is 1.62 bits per heavy atom. The molecule has 2 unspecified atom stereocenters. The van der Waals surface area contributed by atoms with Crippen molar-refractivity contribution < 1.29 is 21.6 Å². The second-order valence-electron chi connectivity index (χ2n) is 5.73. The average Bonchev–Trinajstić information content (AvgIpc) is 2.62. The molecule has 1 aromatic carbocycles. The van der Waals surface area contributed by atoms with Gasteiger partial charge in [-0.2, -0.15) is 12.7 Å². The van der Waals surface area contributed by atoms with E-state index in [0.717, 1.165) is 16.4 Å². The van der Waals surface area contributed by atoms with Crippen LogP contribution in [0.4, 0.5) is 13.2 Å². The molecule has 0 spiro atoms. The molecule has 4 nitrogen and oxygen atoms in total. The van der Waals surface area contributed by atoms with E-state index in [4.69, 9.17) is 5.14 Å². The molecular weight excluding hydrogens is 305 g/mol. The van der Waals surface area contributed by atoms with Crippen molar-refractivity contribution in [1.29, 1.82) is 0 Å². The van der Waals surface area contributed by atoms with E-state index >= 15 is 4.39 Å². The molecule has 0 aliphatic carbocycles. The maximum atomic E-state index is 15.2. The Bertz CT molecular complexity index is 646. The summed E-state index contributed by atoms with van der Waals surface area (Å²) in [5.74, 6) is -1.89. The first-order valence-electron chi connectivity index (χ1n) is 6.67. The molecule has 2 aliphatic heterocycles. The lowest BCUT2D eigenvalue weighted by atomic mass is 9.82. The zero-order valence-corrected chi connectivity index (χ0v) is 11.9. The number of fused-ring (bicyclic) bond motifs is 2. The predicted molar refractivity (Wildman–Crippen MR) is 70.1 cm³/mol. The Balaban J connectivity index is 2.01. The van der Waals surface area contributed by atoms with Crippen LogP contribution in [0.5, 0.6) is 0 Å². The highest BCUT2D eigenvalue weighted by molar-refractivity contribution is 7.86. The minimum atomic E-state index is -3.94. The third-order valence-electron chi connectivity index (χ3n) is 4.38. The fourth-order valence-corrected chi connectivity index (χ4v) is 4.89. The van der Waals surface area contributed by atoms with Gasteiger partial charge in [-0.05, 0) is 25.0 Å². The molecule has 0 radical (unpaired) electrons. The van der Waals surface area contributed by atoms with Gasteiger partial charge in [0.1, 0.15) is 17.3 Å². The van der Waals surface area contributed by atoms with E-state index in [0.29, 0.717) is 12.8 Å². The van der Waals surface area contributed by atoms with Crippen molar-refractivity contribution in [3.8, 4) is 0 Å². The highest BCUT2D eigenvalue weighted by Gasteiger charge is 2.54. The van der Waals surface area contributed by atoms with Crippen LogP contribution in [-0.2, 0) is 15.9 Å². The minimum absolute atomic E-state index is 0.280. The number of rotatable bonds is 2. The van der Waals surface area contributed by atoms with Crippen LogP contribution in [0, 0.1) is 11.6 Å². The molecule has 2 bridgehead atoms. The van der Waals surface area contributed by atoms with Crippen molar-refractivity contribution in [2.24, 2.45) is 5.14 Å². The van der Waals surface area contributed by atoms with Gasteiger partial charge < -0.3 is 0 Å². The van der Waals surface area contributed by atoms with Gasteiger partial charge in [0.05, 0.1) is 5.56 Å². The number of hydrogen-bond acceptors (Lipinski definition) is 2. The zero-order valence-electron chi connectivity index (χ0n) is 11.1. The lowest BCUT2D eigenvalue weighted by molar-refractivity contribution is 0.0416. The summed E-state index contributed by atoms with van der Waals surface area (Å²) in [6, 6.07) is 1.89. The topological polar surface area (TPSA) is 63.4 Å². The molecule has 2 atom stereocenters. The Labute approximate surface area is 120 Å². The van der Waals surface area contributed by atoms with Crippen LogP contribution in [-0.4, -0.2) is 24.8 Å². The molecular formula is C13H15F3N2O2S. The van der Waals surface area contributed by atoms with Crippen LogP contribution in [0.15, 0.2) is 18.2 Å². The van der Waals surface area contributed by atoms with Gasteiger partial charge in [0, 0.05) is 24.9 Å². The van der Waals surface area contributed by atoms with E-state index < -0.39 is 45.2 Å². The fraction of sp³-hybridized carbons (Fsp3) is 0.538. The molecule has 2 saturated heterocycles. The van der Waals surface area contributed by atoms with Gasteiger partial charge in [-0.15, -0.1) is 0 Å². The Morgan fingerprint density at radius 3 is 2.05 bits per heavy atom. The Morgan fingerprint density at radius 1 is 1.14 bits per heavy atom. The van der Waals surface area contributed by atoms with Crippen LogP contribution in [0.1, 0.15) is 31.2 Å². The summed E-state index contributed by atoms with van der Waals surface area (Å²) in [6.45, 7) is 0. The van der Waals surface area contributed by atoms with Crippen molar-refractivity contribution >= 4 is 10.2 Å². The number of hydrogen-bond donors (Lipinski definition) is 1. The summed E-state index contributed by atoms with van der Waals surface area (Å²) in [5.41, 5.74) is -2.81. The first kappa shape index (κ1) is 14.8. The SMILES string of the molecule is NS(=O)(=O)N1C2CCC1CC(F)(c1c(F)cccc1F)C2. The van der Waals surface area contributed by atoms with Gasteiger partial charge >= 0.3 is 0 Å². The smallest absolute Gasteiger partial charge is 0.238 e. The number of nitrogens with two attached hydrogens (primary N) is 1. The second kappa shape index (κ2) is 4.69. The first-order chi connectivity index (χ1) is 9.72. The molecule has 2 heterocycles. The lowest BCUT2D eigenvalue weighted by Crippen LogP contribution is -2.52. The Kier molecular flexibility index (Phi) is 3.30. The highest BCUT2D eigenvalue weighted by Crippen LogP contribution is 2.49. The molecule has 116 valence electrons. The van der Waals surface area contributed by atoms with E-state index in [-0.39, 0.29) is 12.8 Å². The van der Waals surface area contributed by atoms with Gasteiger partial charge in [0.2, 0.25) is 0 Å². The van der Waals surface area contributed by atoms with Gasteiger partial charge in [-0.3, -0.25) is 0 Å². The third kappa shape index (κ3) is 2.35. The number of nitrogens with zero attached hydrogens (tertiary/aromatic N) is 1. The molecule has 1 aromatic rings. The molecule has 3 rings (SSSR count).